The lowest BCUT2D eigenvalue weighted by Crippen LogP contribution is -2.32. The fourth-order valence-electron chi connectivity index (χ4n) is 1.28. The number of nitrogens with zero attached hydrogens (tertiary/aromatic N) is 2. The largest absolute Gasteiger partial charge is 0.288 e. The normalized spacial score (nSPS) is 17.5. The molecule has 3 heteroatoms. The molecular weight excluding hydrogens is 150 g/mol. The molecule has 0 aromatic heterocycles. The molecule has 0 atom stereocenters. The average molecular weight is 167 g/mol. The minimum absolute atomic E-state index is 0.457. The van der Waals surface area contributed by atoms with Crippen LogP contribution in [-0.2, 0) is 0 Å². The zero-order chi connectivity index (χ0) is 9.14. The highest BCUT2D eigenvalue weighted by Crippen LogP contribution is 2.09. The van der Waals surface area contributed by atoms with Crippen LogP contribution in [0.25, 0.3) is 0 Å². The van der Waals surface area contributed by atoms with Gasteiger partial charge in [0.05, 0.1) is 11.4 Å². The van der Waals surface area contributed by atoms with E-state index >= 15 is 0 Å². The lowest BCUT2D eigenvalue weighted by Gasteiger charge is -2.19. The molecule has 1 rings (SSSR count). The molecule has 0 aliphatic carbocycles. The molecule has 0 spiro atoms. The first kappa shape index (κ1) is 9.23. The van der Waals surface area contributed by atoms with Gasteiger partial charge in [0, 0.05) is 0 Å². The summed E-state index contributed by atoms with van der Waals surface area (Å²) in [5.74, 6) is 0.937. The Morgan fingerprint density at radius 2 is 1.67 bits per heavy atom. The highest BCUT2D eigenvalue weighted by molar-refractivity contribution is 6.43. The second kappa shape index (κ2) is 3.70. The summed E-state index contributed by atoms with van der Waals surface area (Å²) in [6.07, 6.45) is 0. The monoisotopic (exact) mass is 167 g/mol. The fourth-order valence-corrected chi connectivity index (χ4v) is 1.28. The Morgan fingerprint density at radius 3 is 2.08 bits per heavy atom. The molecule has 0 unspecified atom stereocenters. The summed E-state index contributed by atoms with van der Waals surface area (Å²) in [7, 11) is 0. The molecule has 0 aromatic rings. The Kier molecular flexibility index (Phi) is 2.84. The Balaban J connectivity index is 2.83. The first-order valence-corrected chi connectivity index (χ1v) is 4.48. The third kappa shape index (κ3) is 1.84. The zero-order valence-electron chi connectivity index (χ0n) is 8.26. The van der Waals surface area contributed by atoms with Crippen LogP contribution in [0.2, 0.25) is 0 Å². The van der Waals surface area contributed by atoms with Crippen LogP contribution in [0.15, 0.2) is 10.1 Å². The van der Waals surface area contributed by atoms with Crippen molar-refractivity contribution in [1.29, 1.82) is 0 Å². The van der Waals surface area contributed by atoms with E-state index in [0.29, 0.717) is 18.5 Å². The van der Waals surface area contributed by atoms with Gasteiger partial charge in [-0.25, -0.2) is 0 Å². The van der Waals surface area contributed by atoms with Crippen molar-refractivity contribution in [2.45, 2.75) is 27.7 Å². The average Bonchev–Trinajstić information content (AvgIpc) is 2.04. The quantitative estimate of drug-likeness (QED) is 0.667. The van der Waals surface area contributed by atoms with E-state index in [1.807, 2.05) is 0 Å². The Bertz CT molecular complexity index is 190. The fraction of sp³-hybridized carbons (Fsp3) is 0.778. The number of aliphatic imine (C=N–C) groups is 1. The summed E-state index contributed by atoms with van der Waals surface area (Å²) in [6.45, 7) is 9.22. The van der Waals surface area contributed by atoms with Gasteiger partial charge in [-0.2, -0.15) is 5.10 Å². The molecule has 0 saturated heterocycles. The molecule has 1 aliphatic heterocycles. The van der Waals surface area contributed by atoms with Gasteiger partial charge in [0.2, 0.25) is 0 Å². The predicted molar refractivity (Wildman–Crippen MR) is 52.5 cm³/mol. The molecule has 0 amide bonds. The van der Waals surface area contributed by atoms with E-state index in [2.05, 4.69) is 43.2 Å². The van der Waals surface area contributed by atoms with Crippen molar-refractivity contribution in [3.05, 3.63) is 0 Å². The number of hydrogen-bond acceptors (Lipinski definition) is 3. The molecule has 1 aliphatic rings. The van der Waals surface area contributed by atoms with Gasteiger partial charge in [-0.3, -0.25) is 10.4 Å². The SMILES string of the molecule is CC(C)C1=NCNN=C1C(C)C. The number of hydrogen-bond donors (Lipinski definition) is 1. The molecule has 1 heterocycles. The van der Waals surface area contributed by atoms with Gasteiger partial charge in [0.25, 0.3) is 0 Å². The van der Waals surface area contributed by atoms with Crippen LogP contribution in [0, 0.1) is 11.8 Å². The molecular formula is C9H17N3. The molecule has 0 saturated carbocycles. The van der Waals surface area contributed by atoms with Gasteiger partial charge in [-0.15, -0.1) is 0 Å². The van der Waals surface area contributed by atoms with E-state index < -0.39 is 0 Å². The van der Waals surface area contributed by atoms with Crippen molar-refractivity contribution in [3.8, 4) is 0 Å². The van der Waals surface area contributed by atoms with Crippen molar-refractivity contribution in [1.82, 2.24) is 5.43 Å². The molecule has 0 fully saturated rings. The lowest BCUT2D eigenvalue weighted by atomic mass is 9.95. The van der Waals surface area contributed by atoms with Gasteiger partial charge in [-0.1, -0.05) is 27.7 Å². The van der Waals surface area contributed by atoms with E-state index in [-0.39, 0.29) is 0 Å². The molecule has 0 aromatic carbocycles. The Labute approximate surface area is 74.0 Å². The molecule has 1 N–H and O–H groups in total. The van der Waals surface area contributed by atoms with Crippen LogP contribution in [0.4, 0.5) is 0 Å². The van der Waals surface area contributed by atoms with Gasteiger partial charge < -0.3 is 0 Å². The third-order valence-corrected chi connectivity index (χ3v) is 1.88. The molecule has 3 nitrogen and oxygen atoms in total. The smallest absolute Gasteiger partial charge is 0.123 e. The molecule has 68 valence electrons. The van der Waals surface area contributed by atoms with Crippen LogP contribution in [0.5, 0.6) is 0 Å². The minimum atomic E-state index is 0.457. The highest BCUT2D eigenvalue weighted by atomic mass is 15.3. The summed E-state index contributed by atoms with van der Waals surface area (Å²) in [5.41, 5.74) is 5.17. The number of hydrazone groups is 1. The first-order chi connectivity index (χ1) is 5.63. The summed E-state index contributed by atoms with van der Waals surface area (Å²) in [4.78, 5) is 4.41. The lowest BCUT2D eigenvalue weighted by molar-refractivity contribution is 0.714. The van der Waals surface area contributed by atoms with E-state index in [9.17, 15) is 0 Å². The Hall–Kier alpha value is -0.860. The van der Waals surface area contributed by atoms with Crippen LogP contribution < -0.4 is 5.43 Å². The maximum absolute atomic E-state index is 4.41. The van der Waals surface area contributed by atoms with Gasteiger partial charge in [0.15, 0.2) is 0 Å². The van der Waals surface area contributed by atoms with E-state index in [4.69, 9.17) is 0 Å². The van der Waals surface area contributed by atoms with Crippen LogP contribution in [0.1, 0.15) is 27.7 Å². The maximum atomic E-state index is 4.41. The summed E-state index contributed by atoms with van der Waals surface area (Å²) >= 11 is 0. The van der Waals surface area contributed by atoms with E-state index in [1.54, 1.807) is 0 Å². The molecule has 0 bridgehead atoms. The minimum Gasteiger partial charge on any atom is -0.288 e. The van der Waals surface area contributed by atoms with Gasteiger partial charge >= 0.3 is 0 Å². The third-order valence-electron chi connectivity index (χ3n) is 1.88. The maximum Gasteiger partial charge on any atom is 0.123 e. The second-order valence-corrected chi connectivity index (χ2v) is 3.67. The summed E-state index contributed by atoms with van der Waals surface area (Å²) < 4.78 is 0. The van der Waals surface area contributed by atoms with E-state index in [1.165, 1.54) is 0 Å². The van der Waals surface area contributed by atoms with Crippen molar-refractivity contribution >= 4 is 11.4 Å². The first-order valence-electron chi connectivity index (χ1n) is 4.48. The highest BCUT2D eigenvalue weighted by Gasteiger charge is 2.18. The van der Waals surface area contributed by atoms with Crippen molar-refractivity contribution in [3.63, 3.8) is 0 Å². The van der Waals surface area contributed by atoms with Crippen molar-refractivity contribution in [2.75, 3.05) is 6.67 Å². The van der Waals surface area contributed by atoms with Crippen molar-refractivity contribution < 1.29 is 0 Å². The van der Waals surface area contributed by atoms with Crippen molar-refractivity contribution in [2.24, 2.45) is 21.9 Å². The second-order valence-electron chi connectivity index (χ2n) is 3.67. The zero-order valence-corrected chi connectivity index (χ0v) is 8.26. The van der Waals surface area contributed by atoms with Gasteiger partial charge in [-0.05, 0) is 11.8 Å². The number of nitrogens with one attached hydrogen (secondary N) is 1. The topological polar surface area (TPSA) is 36.8 Å². The summed E-state index contributed by atoms with van der Waals surface area (Å²) in [5, 5.41) is 4.27. The molecule has 12 heavy (non-hydrogen) atoms. The Morgan fingerprint density at radius 1 is 1.08 bits per heavy atom. The summed E-state index contributed by atoms with van der Waals surface area (Å²) in [6, 6.07) is 0. The van der Waals surface area contributed by atoms with Crippen LogP contribution in [-0.4, -0.2) is 18.1 Å². The van der Waals surface area contributed by atoms with Gasteiger partial charge in [0.1, 0.15) is 6.67 Å². The van der Waals surface area contributed by atoms with E-state index in [0.717, 1.165) is 11.4 Å². The standard InChI is InChI=1S/C9H17N3/c1-6(2)8-9(7(3)4)12-11-5-10-8/h6-7,11H,5H2,1-4H3. The van der Waals surface area contributed by atoms with Crippen LogP contribution in [0.3, 0.4) is 0 Å². The predicted octanol–water partition coefficient (Wildman–Crippen LogP) is 1.66. The molecule has 0 radical (unpaired) electrons. The van der Waals surface area contributed by atoms with Crippen LogP contribution >= 0.6 is 0 Å². The number of rotatable bonds is 2.